The van der Waals surface area contributed by atoms with Gasteiger partial charge >= 0.3 is 12.6 Å². The van der Waals surface area contributed by atoms with Gasteiger partial charge in [-0.1, -0.05) is 30.3 Å². The Balaban J connectivity index is 1.97. The van der Waals surface area contributed by atoms with Crippen LogP contribution in [0.1, 0.15) is 12.5 Å². The Morgan fingerprint density at radius 3 is 2.33 bits per heavy atom. The van der Waals surface area contributed by atoms with Crippen LogP contribution in [0.25, 0.3) is 0 Å². The third kappa shape index (κ3) is 5.95. The molecule has 27 heavy (non-hydrogen) atoms. The molecule has 0 aliphatic carbocycles. The maximum Gasteiger partial charge on any atom is 0.387 e. The van der Waals surface area contributed by atoms with Gasteiger partial charge in [-0.3, -0.25) is 9.59 Å². The number of esters is 1. The van der Waals surface area contributed by atoms with Gasteiger partial charge in [0.1, 0.15) is 11.5 Å². The Labute approximate surface area is 155 Å². The lowest BCUT2D eigenvalue weighted by Crippen LogP contribution is -2.30. The molecule has 2 aromatic rings. The van der Waals surface area contributed by atoms with Crippen LogP contribution in [-0.2, 0) is 20.7 Å². The van der Waals surface area contributed by atoms with Gasteiger partial charge in [-0.25, -0.2) is 0 Å². The van der Waals surface area contributed by atoms with Crippen LogP contribution in [-0.4, -0.2) is 31.7 Å². The highest BCUT2D eigenvalue weighted by Crippen LogP contribution is 2.25. The molecule has 2 rings (SSSR count). The molecule has 144 valence electrons. The first-order chi connectivity index (χ1) is 12.9. The van der Waals surface area contributed by atoms with Crippen molar-refractivity contribution in [2.45, 2.75) is 26.1 Å². The van der Waals surface area contributed by atoms with E-state index in [1.165, 1.54) is 32.2 Å². The van der Waals surface area contributed by atoms with Gasteiger partial charge in [-0.15, -0.1) is 0 Å². The number of hydrogen-bond donors (Lipinski definition) is 1. The minimum Gasteiger partial charge on any atom is -0.496 e. The van der Waals surface area contributed by atoms with E-state index in [-0.39, 0.29) is 17.9 Å². The molecule has 0 bridgehead atoms. The molecular formula is C19H19F2NO5. The summed E-state index contributed by atoms with van der Waals surface area (Å²) in [5, 5.41) is 2.41. The lowest BCUT2D eigenvalue weighted by molar-refractivity contribution is -0.152. The maximum absolute atomic E-state index is 12.4. The average molecular weight is 379 g/mol. The highest BCUT2D eigenvalue weighted by Gasteiger charge is 2.20. The molecule has 0 fully saturated rings. The highest BCUT2D eigenvalue weighted by molar-refractivity contribution is 5.96. The minimum absolute atomic E-state index is 0.0513. The molecule has 2 aromatic carbocycles. The topological polar surface area (TPSA) is 73.9 Å². The zero-order chi connectivity index (χ0) is 19.8. The van der Waals surface area contributed by atoms with E-state index in [1.807, 2.05) is 0 Å². The monoisotopic (exact) mass is 379 g/mol. The van der Waals surface area contributed by atoms with Crippen molar-refractivity contribution in [1.29, 1.82) is 0 Å². The molecule has 1 N–H and O–H groups in total. The first-order valence-corrected chi connectivity index (χ1v) is 8.06. The van der Waals surface area contributed by atoms with Crippen molar-refractivity contribution < 1.29 is 32.6 Å². The highest BCUT2D eigenvalue weighted by atomic mass is 19.3. The first kappa shape index (κ1) is 20.2. The summed E-state index contributed by atoms with van der Waals surface area (Å²) < 4.78 is 39.5. The van der Waals surface area contributed by atoms with E-state index in [1.54, 1.807) is 30.3 Å². The quantitative estimate of drug-likeness (QED) is 0.712. The van der Waals surface area contributed by atoms with Gasteiger partial charge in [-0.2, -0.15) is 8.78 Å². The molecule has 0 saturated carbocycles. The second-order valence-electron chi connectivity index (χ2n) is 5.48. The Kier molecular flexibility index (Phi) is 7.10. The summed E-state index contributed by atoms with van der Waals surface area (Å²) in [7, 11) is 1.49. The number of para-hydroxylation sites is 3. The number of carbonyl (C=O) groups is 2. The van der Waals surface area contributed by atoms with Crippen LogP contribution in [0.2, 0.25) is 0 Å². The van der Waals surface area contributed by atoms with E-state index in [2.05, 4.69) is 10.1 Å². The third-order valence-corrected chi connectivity index (χ3v) is 3.57. The van der Waals surface area contributed by atoms with Crippen LogP contribution in [0.4, 0.5) is 14.5 Å². The Morgan fingerprint density at radius 2 is 1.67 bits per heavy atom. The smallest absolute Gasteiger partial charge is 0.387 e. The number of carbonyl (C=O) groups excluding carboxylic acids is 2. The molecular weight excluding hydrogens is 360 g/mol. The average Bonchev–Trinajstić information content (AvgIpc) is 2.63. The van der Waals surface area contributed by atoms with E-state index in [9.17, 15) is 18.4 Å². The largest absolute Gasteiger partial charge is 0.496 e. The van der Waals surface area contributed by atoms with Gasteiger partial charge in [-0.05, 0) is 25.1 Å². The van der Waals surface area contributed by atoms with E-state index in [0.29, 0.717) is 11.3 Å². The van der Waals surface area contributed by atoms with Gasteiger partial charge in [0.2, 0.25) is 0 Å². The van der Waals surface area contributed by atoms with Crippen LogP contribution < -0.4 is 14.8 Å². The molecule has 0 aromatic heterocycles. The Morgan fingerprint density at radius 1 is 1.04 bits per heavy atom. The molecule has 0 aliphatic heterocycles. The normalized spacial score (nSPS) is 11.6. The summed E-state index contributed by atoms with van der Waals surface area (Å²) >= 11 is 0. The van der Waals surface area contributed by atoms with Gasteiger partial charge in [0.05, 0.1) is 19.2 Å². The van der Waals surface area contributed by atoms with Crippen LogP contribution in [0, 0.1) is 0 Å². The van der Waals surface area contributed by atoms with E-state index >= 15 is 0 Å². The predicted molar refractivity (Wildman–Crippen MR) is 94.0 cm³/mol. The summed E-state index contributed by atoms with van der Waals surface area (Å²) in [6.07, 6.45) is -1.21. The lowest BCUT2D eigenvalue weighted by atomic mass is 10.1. The molecule has 1 unspecified atom stereocenters. The standard InChI is InChI=1S/C19H19F2NO5/c1-12(26-17(23)11-13-7-3-5-9-15(13)25-2)18(24)22-14-8-4-6-10-16(14)27-19(20)21/h3-10,12,19H,11H2,1-2H3,(H,22,24). The van der Waals surface area contributed by atoms with Crippen LogP contribution >= 0.6 is 0 Å². The number of alkyl halides is 2. The lowest BCUT2D eigenvalue weighted by Gasteiger charge is -2.16. The number of benzene rings is 2. The zero-order valence-corrected chi connectivity index (χ0v) is 14.8. The first-order valence-electron chi connectivity index (χ1n) is 8.06. The van der Waals surface area contributed by atoms with Crippen molar-refractivity contribution >= 4 is 17.6 Å². The number of nitrogens with one attached hydrogen (secondary N) is 1. The SMILES string of the molecule is COc1ccccc1CC(=O)OC(C)C(=O)Nc1ccccc1OC(F)F. The number of amides is 1. The summed E-state index contributed by atoms with van der Waals surface area (Å²) in [5.41, 5.74) is 0.670. The molecule has 1 amide bonds. The fourth-order valence-electron chi connectivity index (χ4n) is 2.30. The minimum atomic E-state index is -3.03. The van der Waals surface area contributed by atoms with Crippen molar-refractivity contribution in [1.82, 2.24) is 0 Å². The molecule has 1 atom stereocenters. The summed E-state index contributed by atoms with van der Waals surface area (Å²) in [6, 6.07) is 12.7. The van der Waals surface area contributed by atoms with Crippen molar-refractivity contribution in [2.24, 2.45) is 0 Å². The number of halogens is 2. The number of hydrogen-bond acceptors (Lipinski definition) is 5. The number of ether oxygens (including phenoxy) is 3. The molecule has 8 heteroatoms. The van der Waals surface area contributed by atoms with Gasteiger partial charge < -0.3 is 19.5 Å². The van der Waals surface area contributed by atoms with E-state index in [4.69, 9.17) is 9.47 Å². The Hall–Kier alpha value is -3.16. The van der Waals surface area contributed by atoms with Crippen molar-refractivity contribution in [3.8, 4) is 11.5 Å². The second-order valence-corrected chi connectivity index (χ2v) is 5.48. The molecule has 0 radical (unpaired) electrons. The van der Waals surface area contributed by atoms with Gasteiger partial charge in [0.25, 0.3) is 5.91 Å². The van der Waals surface area contributed by atoms with Gasteiger partial charge in [0.15, 0.2) is 6.10 Å². The number of anilines is 1. The summed E-state index contributed by atoms with van der Waals surface area (Å²) in [5.74, 6) is -0.953. The van der Waals surface area contributed by atoms with Crippen LogP contribution in [0.15, 0.2) is 48.5 Å². The summed E-state index contributed by atoms with van der Waals surface area (Å²) in [6.45, 7) is -1.65. The zero-order valence-electron chi connectivity index (χ0n) is 14.8. The van der Waals surface area contributed by atoms with Crippen molar-refractivity contribution in [2.75, 3.05) is 12.4 Å². The number of methoxy groups -OCH3 is 1. The van der Waals surface area contributed by atoms with E-state index < -0.39 is 24.6 Å². The predicted octanol–water partition coefficient (Wildman–Crippen LogP) is 3.41. The fourth-order valence-corrected chi connectivity index (χ4v) is 2.30. The second kappa shape index (κ2) is 9.51. The fraction of sp³-hybridized carbons (Fsp3) is 0.263. The third-order valence-electron chi connectivity index (χ3n) is 3.57. The summed E-state index contributed by atoms with van der Waals surface area (Å²) in [4.78, 5) is 24.3. The van der Waals surface area contributed by atoms with Crippen LogP contribution in [0.3, 0.4) is 0 Å². The Bertz CT molecular complexity index is 797. The van der Waals surface area contributed by atoms with Crippen molar-refractivity contribution in [3.63, 3.8) is 0 Å². The molecule has 0 aliphatic rings. The molecule has 0 heterocycles. The van der Waals surface area contributed by atoms with Crippen LogP contribution in [0.5, 0.6) is 11.5 Å². The molecule has 0 spiro atoms. The van der Waals surface area contributed by atoms with E-state index in [0.717, 1.165) is 0 Å². The number of rotatable bonds is 8. The maximum atomic E-state index is 12.4. The van der Waals surface area contributed by atoms with Crippen molar-refractivity contribution in [3.05, 3.63) is 54.1 Å². The van der Waals surface area contributed by atoms with Gasteiger partial charge in [0, 0.05) is 5.56 Å². The molecule has 0 saturated heterocycles. The molecule has 6 nitrogen and oxygen atoms in total.